The zero-order chi connectivity index (χ0) is 17.2. The van der Waals surface area contributed by atoms with Gasteiger partial charge in [0.05, 0.1) is 18.4 Å². The minimum Gasteiger partial charge on any atom is -0.493 e. The molecule has 1 radical (unpaired) electrons. The van der Waals surface area contributed by atoms with Crippen LogP contribution in [-0.4, -0.2) is 27.7 Å². The molecule has 1 aromatic carbocycles. The number of carbonyl (C=O) groups is 1. The Hall–Kier alpha value is -2.89. The smallest absolute Gasteiger partial charge is 0.338 e. The summed E-state index contributed by atoms with van der Waals surface area (Å²) in [5.74, 6) is 1.15. The van der Waals surface area contributed by atoms with E-state index in [1.54, 1.807) is 17.7 Å². The molecule has 1 aliphatic heterocycles. The van der Waals surface area contributed by atoms with Gasteiger partial charge in [-0.15, -0.1) is 5.10 Å². The van der Waals surface area contributed by atoms with Gasteiger partial charge in [0.1, 0.15) is 6.61 Å². The van der Waals surface area contributed by atoms with Gasteiger partial charge in [-0.1, -0.05) is 6.07 Å². The normalized spacial score (nSPS) is 17.4. The third kappa shape index (κ3) is 2.06. The summed E-state index contributed by atoms with van der Waals surface area (Å²) in [6, 6.07) is 9.52. The summed E-state index contributed by atoms with van der Waals surface area (Å²) in [4.78, 5) is 16.3. The van der Waals surface area contributed by atoms with Gasteiger partial charge >= 0.3 is 5.97 Å². The van der Waals surface area contributed by atoms with Gasteiger partial charge in [0.15, 0.2) is 17.2 Å². The summed E-state index contributed by atoms with van der Waals surface area (Å²) in [5, 5.41) is 4.70. The Balaban J connectivity index is 1.71. The molecule has 0 bridgehead atoms. The van der Waals surface area contributed by atoms with Crippen molar-refractivity contribution in [3.8, 4) is 17.0 Å². The molecule has 1 aliphatic carbocycles. The van der Waals surface area contributed by atoms with Gasteiger partial charge in [-0.3, -0.25) is 0 Å². The molecule has 6 heteroatoms. The fraction of sp³-hybridized carbons (Fsp3) is 0.263. The Morgan fingerprint density at radius 3 is 2.88 bits per heavy atom. The number of aromatic nitrogens is 3. The highest BCUT2D eigenvalue weighted by molar-refractivity contribution is 5.94. The predicted octanol–water partition coefficient (Wildman–Crippen LogP) is 2.94. The van der Waals surface area contributed by atoms with Crippen molar-refractivity contribution in [3.05, 3.63) is 54.2 Å². The molecule has 1 saturated carbocycles. The first-order chi connectivity index (χ1) is 12.1. The van der Waals surface area contributed by atoms with E-state index < -0.39 is 0 Å². The Morgan fingerprint density at radius 1 is 1.28 bits per heavy atom. The van der Waals surface area contributed by atoms with Gasteiger partial charge < -0.3 is 9.47 Å². The van der Waals surface area contributed by atoms with E-state index >= 15 is 0 Å². The highest BCUT2D eigenvalue weighted by Gasteiger charge is 2.43. The Kier molecular flexibility index (Phi) is 2.78. The lowest BCUT2D eigenvalue weighted by molar-refractivity contribution is 0.0535. The van der Waals surface area contributed by atoms with Crippen molar-refractivity contribution in [2.45, 2.75) is 24.9 Å². The average molecular weight is 334 g/mol. The maximum Gasteiger partial charge on any atom is 0.338 e. The highest BCUT2D eigenvalue weighted by Crippen LogP contribution is 2.46. The molecule has 0 amide bonds. The fourth-order valence-electron chi connectivity index (χ4n) is 3.21. The predicted molar refractivity (Wildman–Crippen MR) is 90.4 cm³/mol. The van der Waals surface area contributed by atoms with Crippen molar-refractivity contribution in [1.29, 1.82) is 0 Å². The van der Waals surface area contributed by atoms with Gasteiger partial charge in [0.2, 0.25) is 0 Å². The minimum absolute atomic E-state index is 0.174. The van der Waals surface area contributed by atoms with E-state index in [1.165, 1.54) is 0 Å². The van der Waals surface area contributed by atoms with Gasteiger partial charge in [0, 0.05) is 16.5 Å². The Labute approximate surface area is 144 Å². The maximum atomic E-state index is 11.7. The maximum absolute atomic E-state index is 11.7. The number of rotatable bonds is 3. The number of pyridine rings is 1. The van der Waals surface area contributed by atoms with Crippen LogP contribution in [0.3, 0.4) is 0 Å². The second-order valence-corrected chi connectivity index (χ2v) is 6.69. The molecule has 0 saturated heterocycles. The monoisotopic (exact) mass is 334 g/mol. The second kappa shape index (κ2) is 4.81. The molecule has 6 nitrogen and oxygen atoms in total. The molecule has 3 heterocycles. The summed E-state index contributed by atoms with van der Waals surface area (Å²) in [6.45, 7) is 4.54. The fourth-order valence-corrected chi connectivity index (χ4v) is 3.21. The Bertz CT molecular complexity index is 1030. The zero-order valence-corrected chi connectivity index (χ0v) is 13.8. The SMILES string of the molecule is [CH2]C1(c2nc3c(OC)ccc(-c4ccc5c(c4)COC5=O)n3n2)CC1. The molecule has 5 rings (SSSR count). The van der Waals surface area contributed by atoms with E-state index in [2.05, 4.69) is 11.9 Å². The summed E-state index contributed by atoms with van der Waals surface area (Å²) in [7, 11) is 1.62. The van der Waals surface area contributed by atoms with Crippen LogP contribution in [0.5, 0.6) is 5.75 Å². The lowest BCUT2D eigenvalue weighted by Gasteiger charge is -2.08. The minimum atomic E-state index is -0.266. The van der Waals surface area contributed by atoms with Crippen molar-refractivity contribution >= 4 is 11.6 Å². The molecule has 2 aromatic heterocycles. The van der Waals surface area contributed by atoms with Crippen LogP contribution in [0.2, 0.25) is 0 Å². The largest absolute Gasteiger partial charge is 0.493 e. The van der Waals surface area contributed by atoms with Gasteiger partial charge in [-0.25, -0.2) is 14.3 Å². The van der Waals surface area contributed by atoms with E-state index in [-0.39, 0.29) is 11.4 Å². The third-order valence-corrected chi connectivity index (χ3v) is 4.98. The Morgan fingerprint density at radius 2 is 2.12 bits per heavy atom. The number of carbonyl (C=O) groups excluding carboxylic acids is 1. The second-order valence-electron chi connectivity index (χ2n) is 6.69. The number of methoxy groups -OCH3 is 1. The molecule has 25 heavy (non-hydrogen) atoms. The number of esters is 1. The third-order valence-electron chi connectivity index (χ3n) is 4.98. The topological polar surface area (TPSA) is 65.7 Å². The first-order valence-corrected chi connectivity index (χ1v) is 8.19. The molecular formula is C19H16N3O3. The summed E-state index contributed by atoms with van der Waals surface area (Å²) in [6.07, 6.45) is 2.00. The van der Waals surface area contributed by atoms with Crippen LogP contribution in [0, 0.1) is 6.92 Å². The molecule has 3 aromatic rings. The molecular weight excluding hydrogens is 318 g/mol. The summed E-state index contributed by atoms with van der Waals surface area (Å²) < 4.78 is 12.3. The number of hydrogen-bond acceptors (Lipinski definition) is 5. The first kappa shape index (κ1) is 14.5. The van der Waals surface area contributed by atoms with Crippen LogP contribution < -0.4 is 4.74 Å². The van der Waals surface area contributed by atoms with Crippen LogP contribution in [0.25, 0.3) is 16.9 Å². The van der Waals surface area contributed by atoms with Gasteiger partial charge in [-0.05, 0) is 44.0 Å². The van der Waals surface area contributed by atoms with E-state index in [1.807, 2.05) is 24.3 Å². The molecule has 1 fully saturated rings. The molecule has 125 valence electrons. The van der Waals surface area contributed by atoms with Crippen LogP contribution in [0.4, 0.5) is 0 Å². The lowest BCUT2D eigenvalue weighted by atomic mass is 10.0. The number of hydrogen-bond donors (Lipinski definition) is 0. The first-order valence-electron chi connectivity index (χ1n) is 8.19. The van der Waals surface area contributed by atoms with Crippen molar-refractivity contribution in [2.75, 3.05) is 7.11 Å². The quantitative estimate of drug-likeness (QED) is 0.689. The van der Waals surface area contributed by atoms with E-state index in [0.717, 1.165) is 35.5 Å². The highest BCUT2D eigenvalue weighted by atomic mass is 16.5. The van der Waals surface area contributed by atoms with Crippen molar-refractivity contribution in [3.63, 3.8) is 0 Å². The molecule has 0 unspecified atom stereocenters. The van der Waals surface area contributed by atoms with Crippen LogP contribution in [0.15, 0.2) is 30.3 Å². The summed E-state index contributed by atoms with van der Waals surface area (Å²) in [5.41, 5.74) is 3.87. The number of fused-ring (bicyclic) bond motifs is 2. The molecule has 0 spiro atoms. The number of cyclic esters (lactones) is 1. The summed E-state index contributed by atoms with van der Waals surface area (Å²) >= 11 is 0. The molecule has 0 atom stereocenters. The molecule has 0 N–H and O–H groups in total. The van der Waals surface area contributed by atoms with Crippen LogP contribution in [-0.2, 0) is 16.8 Å². The number of benzene rings is 1. The number of nitrogens with zero attached hydrogens (tertiary/aromatic N) is 3. The van der Waals surface area contributed by atoms with Crippen LogP contribution in [0.1, 0.15) is 34.6 Å². The van der Waals surface area contributed by atoms with Gasteiger partial charge in [0.25, 0.3) is 0 Å². The molecule has 2 aliphatic rings. The van der Waals surface area contributed by atoms with Crippen LogP contribution >= 0.6 is 0 Å². The lowest BCUT2D eigenvalue weighted by Crippen LogP contribution is -2.03. The van der Waals surface area contributed by atoms with E-state index in [0.29, 0.717) is 23.6 Å². The standard InChI is InChI=1S/C19H16N3O3/c1-19(7-8-19)18-20-16-15(24-2)6-5-14(22(16)21-18)11-3-4-13-12(9-11)10-25-17(13)23/h3-6,9H,1,7-8,10H2,2H3. The number of ether oxygens (including phenoxy) is 2. The average Bonchev–Trinajstić information content (AvgIpc) is 3.06. The van der Waals surface area contributed by atoms with Gasteiger partial charge in [-0.2, -0.15) is 0 Å². The van der Waals surface area contributed by atoms with Crippen molar-refractivity contribution < 1.29 is 14.3 Å². The van der Waals surface area contributed by atoms with Crippen molar-refractivity contribution in [2.24, 2.45) is 0 Å². The zero-order valence-electron chi connectivity index (χ0n) is 13.8. The van der Waals surface area contributed by atoms with Crippen molar-refractivity contribution in [1.82, 2.24) is 14.6 Å². The van der Waals surface area contributed by atoms with E-state index in [9.17, 15) is 4.79 Å². The van der Waals surface area contributed by atoms with E-state index in [4.69, 9.17) is 14.6 Å².